The van der Waals surface area contributed by atoms with E-state index in [0.717, 1.165) is 10.4 Å². The van der Waals surface area contributed by atoms with Gasteiger partial charge in [-0.3, -0.25) is 0 Å². The number of thiophene rings is 1. The van der Waals surface area contributed by atoms with E-state index in [9.17, 15) is 8.42 Å². The molecule has 0 N–H and O–H groups in total. The molecule has 148 valence electrons. The van der Waals surface area contributed by atoms with Gasteiger partial charge in [-0.1, -0.05) is 74.0 Å². The predicted octanol–water partition coefficient (Wildman–Crippen LogP) is 5.71. The van der Waals surface area contributed by atoms with Gasteiger partial charge in [0, 0.05) is 22.8 Å². The molecule has 1 heterocycles. The van der Waals surface area contributed by atoms with E-state index in [4.69, 9.17) is 0 Å². The zero-order chi connectivity index (χ0) is 20.1. The fourth-order valence-corrected chi connectivity index (χ4v) is 5.84. The van der Waals surface area contributed by atoms with Crippen LogP contribution in [-0.4, -0.2) is 19.3 Å². The maximum atomic E-state index is 13.1. The fraction of sp³-hybridized carbons (Fsp3) is 0.304. The minimum atomic E-state index is -3.39. The number of rotatable bonds is 8. The van der Waals surface area contributed by atoms with E-state index in [-0.39, 0.29) is 11.7 Å². The Morgan fingerprint density at radius 3 is 2.25 bits per heavy atom. The van der Waals surface area contributed by atoms with Crippen molar-refractivity contribution in [1.29, 1.82) is 0 Å². The summed E-state index contributed by atoms with van der Waals surface area (Å²) in [5.41, 5.74) is 3.22. The average molecular weight is 414 g/mol. The molecular weight excluding hydrogens is 386 g/mol. The summed E-state index contributed by atoms with van der Waals surface area (Å²) < 4.78 is 27.8. The first-order valence-corrected chi connectivity index (χ1v) is 11.9. The SMILES string of the molecule is Cc1ccc(-c2ccc(CN(CC(C)C)S(=O)(=O)Cc3ccccc3)s2)cc1. The van der Waals surface area contributed by atoms with Gasteiger partial charge in [-0.25, -0.2) is 8.42 Å². The molecule has 0 aliphatic heterocycles. The van der Waals surface area contributed by atoms with E-state index in [0.29, 0.717) is 13.1 Å². The van der Waals surface area contributed by atoms with Gasteiger partial charge in [0.25, 0.3) is 0 Å². The summed E-state index contributed by atoms with van der Waals surface area (Å²) in [5.74, 6) is 0.304. The van der Waals surface area contributed by atoms with E-state index >= 15 is 0 Å². The highest BCUT2D eigenvalue weighted by Crippen LogP contribution is 2.30. The molecule has 0 radical (unpaired) electrons. The summed E-state index contributed by atoms with van der Waals surface area (Å²) in [6, 6.07) is 22.0. The third-order valence-electron chi connectivity index (χ3n) is 4.48. The van der Waals surface area contributed by atoms with E-state index in [1.165, 1.54) is 16.0 Å². The van der Waals surface area contributed by atoms with Crippen molar-refractivity contribution < 1.29 is 8.42 Å². The molecular formula is C23H27NO2S2. The molecule has 0 saturated heterocycles. The molecule has 0 unspecified atom stereocenters. The van der Waals surface area contributed by atoms with Crippen molar-refractivity contribution in [3.63, 3.8) is 0 Å². The third-order valence-corrected chi connectivity index (χ3v) is 7.37. The molecule has 0 atom stereocenters. The maximum Gasteiger partial charge on any atom is 0.218 e. The Kier molecular flexibility index (Phi) is 6.70. The summed E-state index contributed by atoms with van der Waals surface area (Å²) in [6.45, 7) is 7.12. The van der Waals surface area contributed by atoms with Crippen LogP contribution in [0.25, 0.3) is 10.4 Å². The molecule has 0 bridgehead atoms. The Labute approximate surface area is 172 Å². The van der Waals surface area contributed by atoms with Crippen molar-refractivity contribution in [3.05, 3.63) is 82.7 Å². The van der Waals surface area contributed by atoms with Crippen molar-refractivity contribution in [2.75, 3.05) is 6.54 Å². The minimum absolute atomic E-state index is 0.0384. The zero-order valence-corrected chi connectivity index (χ0v) is 18.3. The van der Waals surface area contributed by atoms with Gasteiger partial charge in [-0.05, 0) is 36.1 Å². The lowest BCUT2D eigenvalue weighted by Gasteiger charge is -2.23. The standard InChI is InChI=1S/C23H27NO2S2/c1-18(2)15-24(28(25,26)17-20-7-5-4-6-8-20)16-22-13-14-23(27-22)21-11-9-19(3)10-12-21/h4-14,18H,15-17H2,1-3H3. The van der Waals surface area contributed by atoms with Crippen molar-refractivity contribution in [3.8, 4) is 10.4 Å². The van der Waals surface area contributed by atoms with Crippen LogP contribution in [0.2, 0.25) is 0 Å². The highest BCUT2D eigenvalue weighted by Gasteiger charge is 2.24. The third kappa shape index (κ3) is 5.53. The molecule has 3 rings (SSSR count). The van der Waals surface area contributed by atoms with Gasteiger partial charge in [0.1, 0.15) is 0 Å². The summed E-state index contributed by atoms with van der Waals surface area (Å²) in [4.78, 5) is 2.23. The van der Waals surface area contributed by atoms with Gasteiger partial charge in [-0.15, -0.1) is 11.3 Å². The lowest BCUT2D eigenvalue weighted by Crippen LogP contribution is -2.34. The molecule has 2 aromatic carbocycles. The molecule has 0 aliphatic carbocycles. The zero-order valence-electron chi connectivity index (χ0n) is 16.6. The van der Waals surface area contributed by atoms with Crippen molar-refractivity contribution in [2.24, 2.45) is 5.92 Å². The van der Waals surface area contributed by atoms with Crippen LogP contribution in [0.5, 0.6) is 0 Å². The second kappa shape index (κ2) is 9.03. The summed E-state index contributed by atoms with van der Waals surface area (Å²) in [7, 11) is -3.39. The van der Waals surface area contributed by atoms with E-state index in [1.54, 1.807) is 15.6 Å². The molecule has 5 heteroatoms. The van der Waals surface area contributed by atoms with Crippen LogP contribution >= 0.6 is 11.3 Å². The highest BCUT2D eigenvalue weighted by molar-refractivity contribution is 7.88. The number of hydrogen-bond acceptors (Lipinski definition) is 3. The second-order valence-electron chi connectivity index (χ2n) is 7.56. The lowest BCUT2D eigenvalue weighted by molar-refractivity contribution is 0.364. The Morgan fingerprint density at radius 1 is 0.929 bits per heavy atom. The van der Waals surface area contributed by atoms with E-state index in [2.05, 4.69) is 51.1 Å². The molecule has 0 spiro atoms. The molecule has 3 nitrogen and oxygen atoms in total. The minimum Gasteiger partial charge on any atom is -0.212 e. The first-order chi connectivity index (χ1) is 13.3. The summed E-state index contributed by atoms with van der Waals surface area (Å²) in [6.07, 6.45) is 0. The van der Waals surface area contributed by atoms with Crippen LogP contribution in [0.4, 0.5) is 0 Å². The fourth-order valence-electron chi connectivity index (χ4n) is 3.07. The molecule has 3 aromatic rings. The second-order valence-corrected chi connectivity index (χ2v) is 10.7. The van der Waals surface area contributed by atoms with Crippen LogP contribution in [0.3, 0.4) is 0 Å². The van der Waals surface area contributed by atoms with Gasteiger partial charge in [0.15, 0.2) is 0 Å². The van der Waals surface area contributed by atoms with Crippen molar-refractivity contribution in [1.82, 2.24) is 4.31 Å². The number of nitrogens with zero attached hydrogens (tertiary/aromatic N) is 1. The normalized spacial score (nSPS) is 12.0. The number of aryl methyl sites for hydroxylation is 1. The largest absolute Gasteiger partial charge is 0.218 e. The Morgan fingerprint density at radius 2 is 1.61 bits per heavy atom. The Balaban J connectivity index is 1.80. The smallest absolute Gasteiger partial charge is 0.212 e. The van der Waals surface area contributed by atoms with Gasteiger partial charge < -0.3 is 0 Å². The van der Waals surface area contributed by atoms with Crippen LogP contribution in [0.1, 0.15) is 29.9 Å². The Hall–Kier alpha value is -1.95. The van der Waals surface area contributed by atoms with E-state index in [1.807, 2.05) is 36.4 Å². The summed E-state index contributed by atoms with van der Waals surface area (Å²) >= 11 is 1.66. The van der Waals surface area contributed by atoms with Crippen LogP contribution in [0, 0.1) is 12.8 Å². The molecule has 28 heavy (non-hydrogen) atoms. The van der Waals surface area contributed by atoms with Gasteiger partial charge >= 0.3 is 0 Å². The van der Waals surface area contributed by atoms with Gasteiger partial charge in [-0.2, -0.15) is 4.31 Å². The molecule has 0 saturated carbocycles. The highest BCUT2D eigenvalue weighted by atomic mass is 32.2. The molecule has 0 fully saturated rings. The number of hydrogen-bond donors (Lipinski definition) is 0. The molecule has 1 aromatic heterocycles. The lowest BCUT2D eigenvalue weighted by atomic mass is 10.1. The molecule has 0 aliphatic rings. The predicted molar refractivity (Wildman–Crippen MR) is 119 cm³/mol. The monoisotopic (exact) mass is 413 g/mol. The average Bonchev–Trinajstić information content (AvgIpc) is 3.10. The van der Waals surface area contributed by atoms with Gasteiger partial charge in [0.05, 0.1) is 5.75 Å². The van der Waals surface area contributed by atoms with E-state index < -0.39 is 10.0 Å². The topological polar surface area (TPSA) is 37.4 Å². The van der Waals surface area contributed by atoms with Crippen LogP contribution in [-0.2, 0) is 22.3 Å². The van der Waals surface area contributed by atoms with Gasteiger partial charge in [0.2, 0.25) is 10.0 Å². The first kappa shape index (κ1) is 20.8. The quantitative estimate of drug-likeness (QED) is 0.474. The number of benzene rings is 2. The molecule has 0 amide bonds. The van der Waals surface area contributed by atoms with Crippen molar-refractivity contribution in [2.45, 2.75) is 33.1 Å². The number of sulfonamides is 1. The van der Waals surface area contributed by atoms with Crippen LogP contribution < -0.4 is 0 Å². The van der Waals surface area contributed by atoms with Crippen molar-refractivity contribution >= 4 is 21.4 Å². The maximum absolute atomic E-state index is 13.1. The first-order valence-electron chi connectivity index (χ1n) is 9.51. The van der Waals surface area contributed by atoms with Crippen LogP contribution in [0.15, 0.2) is 66.7 Å². The Bertz CT molecular complexity index is 991. The summed E-state index contributed by atoms with van der Waals surface area (Å²) in [5, 5.41) is 0.